The van der Waals surface area contributed by atoms with Crippen LogP contribution in [0.15, 0.2) is 47.8 Å². The van der Waals surface area contributed by atoms with Crippen LogP contribution in [-0.2, 0) is 17.9 Å². The summed E-state index contributed by atoms with van der Waals surface area (Å²) in [5, 5.41) is 9.59. The molecule has 1 atom stereocenters. The third-order valence-electron chi connectivity index (χ3n) is 5.69. The van der Waals surface area contributed by atoms with Crippen LogP contribution in [-0.4, -0.2) is 39.1 Å². The second-order valence-electron chi connectivity index (χ2n) is 7.64. The van der Waals surface area contributed by atoms with Gasteiger partial charge in [0.05, 0.1) is 17.1 Å². The van der Waals surface area contributed by atoms with Gasteiger partial charge in [-0.2, -0.15) is 5.10 Å². The highest BCUT2D eigenvalue weighted by Gasteiger charge is 2.34. The molecule has 30 heavy (non-hydrogen) atoms. The van der Waals surface area contributed by atoms with Gasteiger partial charge in [-0.05, 0) is 43.7 Å². The number of hydrogen-bond donors (Lipinski definition) is 1. The Morgan fingerprint density at radius 2 is 1.97 bits per heavy atom. The molecule has 0 aliphatic carbocycles. The highest BCUT2D eigenvalue weighted by atomic mass is 32.1. The Labute approximate surface area is 180 Å². The first-order valence-corrected chi connectivity index (χ1v) is 11.1. The minimum atomic E-state index is -0.403. The van der Waals surface area contributed by atoms with Gasteiger partial charge in [0.2, 0.25) is 5.91 Å². The van der Waals surface area contributed by atoms with Crippen molar-refractivity contribution >= 4 is 23.2 Å². The van der Waals surface area contributed by atoms with E-state index in [4.69, 9.17) is 0 Å². The molecule has 0 radical (unpaired) electrons. The molecule has 1 aromatic carbocycles. The monoisotopic (exact) mass is 422 g/mol. The predicted molar refractivity (Wildman–Crippen MR) is 117 cm³/mol. The third kappa shape index (κ3) is 4.16. The van der Waals surface area contributed by atoms with Gasteiger partial charge in [0.15, 0.2) is 0 Å². The topological polar surface area (TPSA) is 67.2 Å². The molecular formula is C23H26N4O2S. The largest absolute Gasteiger partial charge is 0.350 e. The zero-order chi connectivity index (χ0) is 21.1. The van der Waals surface area contributed by atoms with Crippen molar-refractivity contribution in [2.45, 2.75) is 45.8 Å². The quantitative estimate of drug-likeness (QED) is 0.661. The predicted octanol–water partition coefficient (Wildman–Crippen LogP) is 3.53. The number of hydrogen-bond acceptors (Lipinski definition) is 4. The van der Waals surface area contributed by atoms with E-state index in [1.54, 1.807) is 4.90 Å². The van der Waals surface area contributed by atoms with E-state index >= 15 is 0 Å². The fraction of sp³-hybridized carbons (Fsp3) is 0.348. The van der Waals surface area contributed by atoms with Crippen LogP contribution in [0.1, 0.15) is 45.0 Å². The number of likely N-dealkylation sites (tertiary alicyclic amines) is 1. The standard InChI is InChI=1S/C23H26N4O2S/c1-16-19(17(2)27(25-16)15-18-8-4-3-5-9-18)14-24-22(28)20-10-6-12-26(20)23(29)21-11-7-13-30-21/h3-5,7-9,11,13,20H,6,10,12,14-15H2,1-2H3,(H,24,28)/t20-/m0/s1. The molecule has 1 fully saturated rings. The normalized spacial score (nSPS) is 16.1. The Balaban J connectivity index is 1.42. The van der Waals surface area contributed by atoms with E-state index in [1.165, 1.54) is 16.9 Å². The average Bonchev–Trinajstić information content (AvgIpc) is 3.49. The summed E-state index contributed by atoms with van der Waals surface area (Å²) in [6, 6.07) is 13.5. The number of thiophene rings is 1. The van der Waals surface area contributed by atoms with Crippen molar-refractivity contribution in [3.05, 3.63) is 75.2 Å². The van der Waals surface area contributed by atoms with Gasteiger partial charge in [-0.25, -0.2) is 0 Å². The molecule has 6 nitrogen and oxygen atoms in total. The van der Waals surface area contributed by atoms with Crippen molar-refractivity contribution in [1.82, 2.24) is 20.0 Å². The lowest BCUT2D eigenvalue weighted by Crippen LogP contribution is -2.45. The summed E-state index contributed by atoms with van der Waals surface area (Å²) in [5.74, 6) is -0.141. The van der Waals surface area contributed by atoms with Gasteiger partial charge in [0.25, 0.3) is 5.91 Å². The zero-order valence-corrected chi connectivity index (χ0v) is 18.1. The highest BCUT2D eigenvalue weighted by molar-refractivity contribution is 7.12. The summed E-state index contributed by atoms with van der Waals surface area (Å²) >= 11 is 1.42. The number of aryl methyl sites for hydroxylation is 1. The first-order valence-electron chi connectivity index (χ1n) is 10.2. The molecule has 156 valence electrons. The molecular weight excluding hydrogens is 396 g/mol. The second kappa shape index (κ2) is 8.83. The molecule has 3 aromatic rings. The van der Waals surface area contributed by atoms with Gasteiger partial charge in [0, 0.05) is 24.3 Å². The van der Waals surface area contributed by atoms with Gasteiger partial charge in [-0.1, -0.05) is 36.4 Å². The summed E-state index contributed by atoms with van der Waals surface area (Å²) < 4.78 is 1.98. The van der Waals surface area contributed by atoms with E-state index in [0.717, 1.165) is 23.4 Å². The van der Waals surface area contributed by atoms with Gasteiger partial charge < -0.3 is 10.2 Å². The molecule has 3 heterocycles. The number of aromatic nitrogens is 2. The Kier molecular flexibility index (Phi) is 5.99. The van der Waals surface area contributed by atoms with Crippen molar-refractivity contribution in [1.29, 1.82) is 0 Å². The van der Waals surface area contributed by atoms with E-state index in [0.29, 0.717) is 30.9 Å². The SMILES string of the molecule is Cc1nn(Cc2ccccc2)c(C)c1CNC(=O)[C@@H]1CCCN1C(=O)c1cccs1. The molecule has 1 aliphatic heterocycles. The molecule has 0 unspecified atom stereocenters. The van der Waals surface area contributed by atoms with Gasteiger partial charge in [-0.15, -0.1) is 11.3 Å². The maximum atomic E-state index is 12.9. The van der Waals surface area contributed by atoms with Crippen molar-refractivity contribution < 1.29 is 9.59 Å². The number of nitrogens with zero attached hydrogens (tertiary/aromatic N) is 3. The molecule has 4 rings (SSSR count). The highest BCUT2D eigenvalue weighted by Crippen LogP contribution is 2.23. The van der Waals surface area contributed by atoms with Crippen LogP contribution in [0.4, 0.5) is 0 Å². The molecule has 1 aliphatic rings. The molecule has 1 saturated heterocycles. The summed E-state index contributed by atoms with van der Waals surface area (Å²) in [6.45, 7) is 5.75. The summed E-state index contributed by atoms with van der Waals surface area (Å²) in [7, 11) is 0. The Morgan fingerprint density at radius 1 is 1.17 bits per heavy atom. The third-order valence-corrected chi connectivity index (χ3v) is 6.55. The maximum Gasteiger partial charge on any atom is 0.264 e. The first-order chi connectivity index (χ1) is 14.5. The summed E-state index contributed by atoms with van der Waals surface area (Å²) in [6.07, 6.45) is 1.55. The lowest BCUT2D eigenvalue weighted by atomic mass is 10.1. The van der Waals surface area contributed by atoms with Crippen molar-refractivity contribution in [3.63, 3.8) is 0 Å². The Bertz CT molecular complexity index is 1030. The lowest BCUT2D eigenvalue weighted by Gasteiger charge is -2.23. The fourth-order valence-electron chi connectivity index (χ4n) is 4.02. The van der Waals surface area contributed by atoms with E-state index in [9.17, 15) is 9.59 Å². The molecule has 0 saturated carbocycles. The van der Waals surface area contributed by atoms with E-state index < -0.39 is 6.04 Å². The van der Waals surface area contributed by atoms with Gasteiger partial charge >= 0.3 is 0 Å². The minimum Gasteiger partial charge on any atom is -0.350 e. The maximum absolute atomic E-state index is 12.9. The number of amides is 2. The van der Waals surface area contributed by atoms with Crippen molar-refractivity contribution in [2.24, 2.45) is 0 Å². The Morgan fingerprint density at radius 3 is 2.70 bits per heavy atom. The smallest absolute Gasteiger partial charge is 0.264 e. The average molecular weight is 423 g/mol. The fourth-order valence-corrected chi connectivity index (χ4v) is 4.70. The van der Waals surface area contributed by atoms with E-state index in [2.05, 4.69) is 22.5 Å². The van der Waals surface area contributed by atoms with Crippen LogP contribution in [0.5, 0.6) is 0 Å². The van der Waals surface area contributed by atoms with Crippen molar-refractivity contribution in [3.8, 4) is 0 Å². The molecule has 7 heteroatoms. The number of carbonyl (C=O) groups excluding carboxylic acids is 2. The summed E-state index contributed by atoms with van der Waals surface area (Å²) in [5.41, 5.74) is 4.19. The van der Waals surface area contributed by atoms with E-state index in [1.807, 2.05) is 54.2 Å². The molecule has 2 amide bonds. The van der Waals surface area contributed by atoms with Crippen LogP contribution in [0.2, 0.25) is 0 Å². The number of rotatable bonds is 6. The van der Waals surface area contributed by atoms with Crippen LogP contribution in [0.3, 0.4) is 0 Å². The lowest BCUT2D eigenvalue weighted by molar-refractivity contribution is -0.125. The van der Waals surface area contributed by atoms with Crippen LogP contribution >= 0.6 is 11.3 Å². The first kappa shape index (κ1) is 20.3. The molecule has 0 bridgehead atoms. The van der Waals surface area contributed by atoms with E-state index in [-0.39, 0.29) is 11.8 Å². The van der Waals surface area contributed by atoms with Crippen LogP contribution < -0.4 is 5.32 Å². The number of benzene rings is 1. The Hall–Kier alpha value is -2.93. The van der Waals surface area contributed by atoms with Crippen LogP contribution in [0.25, 0.3) is 0 Å². The zero-order valence-electron chi connectivity index (χ0n) is 17.3. The molecule has 0 spiro atoms. The second-order valence-corrected chi connectivity index (χ2v) is 8.59. The number of carbonyl (C=O) groups is 2. The van der Waals surface area contributed by atoms with Crippen molar-refractivity contribution in [2.75, 3.05) is 6.54 Å². The molecule has 1 N–H and O–H groups in total. The number of nitrogens with one attached hydrogen (secondary N) is 1. The summed E-state index contributed by atoms with van der Waals surface area (Å²) in [4.78, 5) is 28.0. The van der Waals surface area contributed by atoms with Crippen LogP contribution in [0, 0.1) is 13.8 Å². The van der Waals surface area contributed by atoms with Gasteiger partial charge in [0.1, 0.15) is 6.04 Å². The molecule has 2 aromatic heterocycles. The van der Waals surface area contributed by atoms with Gasteiger partial charge in [-0.3, -0.25) is 14.3 Å². The minimum absolute atomic E-state index is 0.0503.